The molecule has 116 valence electrons. The van der Waals surface area contributed by atoms with Crippen LogP contribution in [0.25, 0.3) is 0 Å². The molecule has 0 saturated carbocycles. The highest BCUT2D eigenvalue weighted by atomic mass is 19.1. The summed E-state index contributed by atoms with van der Waals surface area (Å²) in [5.41, 5.74) is 0.976. The van der Waals surface area contributed by atoms with E-state index in [4.69, 9.17) is 0 Å². The maximum Gasteiger partial charge on any atom is 0.193 e. The monoisotopic (exact) mass is 291 g/mol. The summed E-state index contributed by atoms with van der Waals surface area (Å²) >= 11 is 0. The highest BCUT2D eigenvalue weighted by Gasteiger charge is 2.04. The molecule has 0 bridgehead atoms. The van der Waals surface area contributed by atoms with Crippen molar-refractivity contribution in [3.05, 3.63) is 48.3 Å². The van der Waals surface area contributed by atoms with Crippen LogP contribution < -0.4 is 5.32 Å². The van der Waals surface area contributed by atoms with E-state index in [0.29, 0.717) is 6.54 Å². The number of unbranched alkanes of at least 4 members (excludes halogenated alkanes) is 1. The van der Waals surface area contributed by atoms with Crippen molar-refractivity contribution in [3.63, 3.8) is 0 Å². The molecule has 0 aliphatic heterocycles. The van der Waals surface area contributed by atoms with Crippen LogP contribution in [0.15, 0.2) is 41.9 Å². The van der Waals surface area contributed by atoms with E-state index < -0.39 is 0 Å². The summed E-state index contributed by atoms with van der Waals surface area (Å²) in [6, 6.07) is 6.70. The highest BCUT2D eigenvalue weighted by Crippen LogP contribution is 2.04. The molecule has 0 radical (unpaired) electrons. The predicted octanol–water partition coefficient (Wildman–Crippen LogP) is 3.23. The Balaban J connectivity index is 2.52. The second kappa shape index (κ2) is 9.97. The van der Waals surface area contributed by atoms with E-state index in [1.54, 1.807) is 12.1 Å². The zero-order valence-electron chi connectivity index (χ0n) is 13.1. The summed E-state index contributed by atoms with van der Waals surface area (Å²) in [6.45, 7) is 8.22. The van der Waals surface area contributed by atoms with Crippen LogP contribution in [-0.4, -0.2) is 37.5 Å². The van der Waals surface area contributed by atoms with Crippen LogP contribution in [0.1, 0.15) is 25.3 Å². The number of nitrogens with one attached hydrogen (secondary N) is 1. The minimum atomic E-state index is -0.190. The Morgan fingerprint density at radius 1 is 1.48 bits per heavy atom. The van der Waals surface area contributed by atoms with Gasteiger partial charge in [0.05, 0.1) is 0 Å². The van der Waals surface area contributed by atoms with Gasteiger partial charge in [-0.1, -0.05) is 18.2 Å². The lowest BCUT2D eigenvalue weighted by Gasteiger charge is -2.21. The summed E-state index contributed by atoms with van der Waals surface area (Å²) in [4.78, 5) is 6.72. The van der Waals surface area contributed by atoms with Crippen molar-refractivity contribution in [1.29, 1.82) is 0 Å². The number of nitrogens with zero attached hydrogens (tertiary/aromatic N) is 2. The summed E-state index contributed by atoms with van der Waals surface area (Å²) in [6.07, 6.45) is 4.75. The Morgan fingerprint density at radius 2 is 2.29 bits per heavy atom. The summed E-state index contributed by atoms with van der Waals surface area (Å²) in [5.74, 6) is 0.711. The minimum Gasteiger partial charge on any atom is -0.357 e. The van der Waals surface area contributed by atoms with Crippen molar-refractivity contribution in [2.45, 2.75) is 26.2 Å². The minimum absolute atomic E-state index is 0.190. The van der Waals surface area contributed by atoms with E-state index in [1.807, 2.05) is 19.2 Å². The Morgan fingerprint density at radius 3 is 2.95 bits per heavy atom. The van der Waals surface area contributed by atoms with E-state index in [9.17, 15) is 4.39 Å². The molecule has 0 fully saturated rings. The molecule has 0 aliphatic carbocycles. The first kappa shape index (κ1) is 17.2. The SMILES string of the molecule is C=CCCCN(C)C(=NCCc1cccc(F)c1)NCC. The maximum atomic E-state index is 13.1. The lowest BCUT2D eigenvalue weighted by molar-refractivity contribution is 0.470. The largest absolute Gasteiger partial charge is 0.357 e. The van der Waals surface area contributed by atoms with Crippen molar-refractivity contribution in [2.75, 3.05) is 26.7 Å². The summed E-state index contributed by atoms with van der Waals surface area (Å²) in [7, 11) is 2.03. The van der Waals surface area contributed by atoms with Gasteiger partial charge in [0.2, 0.25) is 0 Å². The van der Waals surface area contributed by atoms with Gasteiger partial charge in [-0.05, 0) is 43.9 Å². The molecule has 21 heavy (non-hydrogen) atoms. The molecule has 1 rings (SSSR count). The predicted molar refractivity (Wildman–Crippen MR) is 88.1 cm³/mol. The molecule has 1 aromatic rings. The molecule has 0 aliphatic rings. The van der Waals surface area contributed by atoms with Crippen LogP contribution in [0.2, 0.25) is 0 Å². The topological polar surface area (TPSA) is 27.6 Å². The standard InChI is InChI=1S/C17H26FN3/c1-4-6-7-13-21(3)17(19-5-2)20-12-11-15-9-8-10-16(18)14-15/h4,8-10,14H,1,5-7,11-13H2,2-3H3,(H,19,20). The Bertz CT molecular complexity index is 457. The van der Waals surface area contributed by atoms with Gasteiger partial charge in [-0.15, -0.1) is 6.58 Å². The Hall–Kier alpha value is -1.84. The second-order valence-corrected chi connectivity index (χ2v) is 4.97. The van der Waals surface area contributed by atoms with Gasteiger partial charge >= 0.3 is 0 Å². The summed E-state index contributed by atoms with van der Waals surface area (Å²) < 4.78 is 13.1. The summed E-state index contributed by atoms with van der Waals surface area (Å²) in [5, 5.41) is 3.28. The number of aliphatic imine (C=N–C) groups is 1. The average molecular weight is 291 g/mol. The van der Waals surface area contributed by atoms with Gasteiger partial charge in [0.25, 0.3) is 0 Å². The first-order valence-corrected chi connectivity index (χ1v) is 7.52. The number of halogens is 1. The van der Waals surface area contributed by atoms with Crippen LogP contribution in [0, 0.1) is 5.82 Å². The Labute approximate surface area is 127 Å². The van der Waals surface area contributed by atoms with Gasteiger partial charge < -0.3 is 10.2 Å². The van der Waals surface area contributed by atoms with E-state index in [1.165, 1.54) is 6.07 Å². The van der Waals surface area contributed by atoms with E-state index in [-0.39, 0.29) is 5.82 Å². The average Bonchev–Trinajstić information content (AvgIpc) is 2.46. The third-order valence-electron chi connectivity index (χ3n) is 3.15. The fourth-order valence-electron chi connectivity index (χ4n) is 2.03. The van der Waals surface area contributed by atoms with Crippen molar-refractivity contribution < 1.29 is 4.39 Å². The van der Waals surface area contributed by atoms with Crippen molar-refractivity contribution in [3.8, 4) is 0 Å². The van der Waals surface area contributed by atoms with Crippen molar-refractivity contribution in [1.82, 2.24) is 10.2 Å². The van der Waals surface area contributed by atoms with Gasteiger partial charge in [-0.3, -0.25) is 4.99 Å². The zero-order chi connectivity index (χ0) is 15.5. The van der Waals surface area contributed by atoms with Gasteiger partial charge in [-0.25, -0.2) is 4.39 Å². The van der Waals surface area contributed by atoms with Crippen LogP contribution in [-0.2, 0) is 6.42 Å². The molecule has 3 nitrogen and oxygen atoms in total. The maximum absolute atomic E-state index is 13.1. The van der Waals surface area contributed by atoms with Crippen molar-refractivity contribution >= 4 is 5.96 Å². The number of hydrogen-bond acceptors (Lipinski definition) is 1. The number of allylic oxidation sites excluding steroid dienone is 1. The number of guanidine groups is 1. The lowest BCUT2D eigenvalue weighted by atomic mass is 10.1. The second-order valence-electron chi connectivity index (χ2n) is 4.97. The molecule has 1 N–H and O–H groups in total. The normalized spacial score (nSPS) is 11.3. The van der Waals surface area contributed by atoms with Crippen LogP contribution in [0.3, 0.4) is 0 Å². The van der Waals surface area contributed by atoms with Gasteiger partial charge in [0.15, 0.2) is 5.96 Å². The van der Waals surface area contributed by atoms with Crippen LogP contribution in [0.5, 0.6) is 0 Å². The van der Waals surface area contributed by atoms with Crippen LogP contribution >= 0.6 is 0 Å². The first-order chi connectivity index (χ1) is 10.2. The Kier molecular flexibility index (Phi) is 8.17. The van der Waals surface area contributed by atoms with Gasteiger partial charge in [-0.2, -0.15) is 0 Å². The van der Waals surface area contributed by atoms with Crippen LogP contribution in [0.4, 0.5) is 4.39 Å². The molecule has 0 unspecified atom stereocenters. The van der Waals surface area contributed by atoms with Crippen molar-refractivity contribution in [2.24, 2.45) is 4.99 Å². The molecule has 0 heterocycles. The van der Waals surface area contributed by atoms with E-state index in [2.05, 4.69) is 28.7 Å². The highest BCUT2D eigenvalue weighted by molar-refractivity contribution is 5.79. The van der Waals surface area contributed by atoms with Gasteiger partial charge in [0.1, 0.15) is 5.82 Å². The number of benzene rings is 1. The zero-order valence-corrected chi connectivity index (χ0v) is 13.1. The molecular formula is C17H26FN3. The molecule has 0 amide bonds. The molecule has 1 aromatic carbocycles. The molecule has 0 aromatic heterocycles. The lowest BCUT2D eigenvalue weighted by Crippen LogP contribution is -2.39. The fourth-order valence-corrected chi connectivity index (χ4v) is 2.03. The molecule has 0 saturated heterocycles. The first-order valence-electron chi connectivity index (χ1n) is 7.52. The smallest absolute Gasteiger partial charge is 0.193 e. The molecule has 0 spiro atoms. The third kappa shape index (κ3) is 6.93. The quantitative estimate of drug-likeness (QED) is 0.345. The fraction of sp³-hybridized carbons (Fsp3) is 0.471. The third-order valence-corrected chi connectivity index (χ3v) is 3.15. The van der Waals surface area contributed by atoms with E-state index in [0.717, 1.165) is 43.9 Å². The van der Waals surface area contributed by atoms with E-state index >= 15 is 0 Å². The molecular weight excluding hydrogens is 265 g/mol. The number of hydrogen-bond donors (Lipinski definition) is 1. The van der Waals surface area contributed by atoms with Gasteiger partial charge in [0, 0.05) is 26.7 Å². The number of rotatable bonds is 8. The molecule has 0 atom stereocenters. The molecule has 4 heteroatoms.